The highest BCUT2D eigenvalue weighted by atomic mass is 32.2. The van der Waals surface area contributed by atoms with Gasteiger partial charge in [-0.05, 0) is 69.0 Å². The molecule has 194 valence electrons. The molecule has 0 radical (unpaired) electrons. The number of terminal acetylenes is 1. The van der Waals surface area contributed by atoms with Crippen LogP contribution in [-0.2, 0) is 20.5 Å². The third kappa shape index (κ3) is 7.53. The molecule has 1 unspecified atom stereocenters. The standard InChI is InChI=1S/C27H36N4O4S/c1-5-27(3,4)29-25(32)17-28-26(33)19-31(36(34)35)18-21-13-15-30(16-14-21)20(2)23-12-8-10-22-9-6-7-11-24(22)23/h1,6-12,20-21,36H,13-19H2,2-4H3,(H,28,33)(H,29,32). The fourth-order valence-electron chi connectivity index (χ4n) is 4.65. The van der Waals surface area contributed by atoms with Crippen molar-refractivity contribution in [3.63, 3.8) is 0 Å². The molecule has 1 aliphatic rings. The highest BCUT2D eigenvalue weighted by Gasteiger charge is 2.27. The summed E-state index contributed by atoms with van der Waals surface area (Å²) in [5.41, 5.74) is 0.466. The van der Waals surface area contributed by atoms with Crippen LogP contribution in [0, 0.1) is 18.3 Å². The molecule has 1 atom stereocenters. The van der Waals surface area contributed by atoms with E-state index in [1.807, 2.05) is 6.07 Å². The van der Waals surface area contributed by atoms with E-state index in [1.165, 1.54) is 20.6 Å². The van der Waals surface area contributed by atoms with Crippen molar-refractivity contribution in [3.8, 4) is 12.3 Å². The number of benzene rings is 2. The van der Waals surface area contributed by atoms with E-state index < -0.39 is 28.2 Å². The monoisotopic (exact) mass is 512 g/mol. The van der Waals surface area contributed by atoms with Gasteiger partial charge in [-0.25, -0.2) is 8.42 Å². The summed E-state index contributed by atoms with van der Waals surface area (Å²) in [6.45, 7) is 6.99. The SMILES string of the molecule is C#CC(C)(C)NC(=O)CNC(=O)CN(CC1CCN(C(C)c2cccc3ccccc23)CC1)[SH](=O)=O. The number of nitrogens with zero attached hydrogens (tertiary/aromatic N) is 2. The molecule has 0 saturated carbocycles. The Balaban J connectivity index is 1.50. The molecule has 1 saturated heterocycles. The lowest BCUT2D eigenvalue weighted by Crippen LogP contribution is -2.48. The molecule has 0 bridgehead atoms. The second-order valence-corrected chi connectivity index (χ2v) is 10.9. The summed E-state index contributed by atoms with van der Waals surface area (Å²) in [6, 6.07) is 15.0. The fourth-order valence-corrected chi connectivity index (χ4v) is 5.26. The predicted octanol–water partition coefficient (Wildman–Crippen LogP) is 2.09. The van der Waals surface area contributed by atoms with Gasteiger partial charge in [0, 0.05) is 12.6 Å². The molecule has 1 heterocycles. The largest absolute Gasteiger partial charge is 0.346 e. The van der Waals surface area contributed by atoms with Crippen LogP contribution >= 0.6 is 0 Å². The van der Waals surface area contributed by atoms with Crippen LogP contribution in [0.2, 0.25) is 0 Å². The van der Waals surface area contributed by atoms with Crippen LogP contribution in [0.1, 0.15) is 45.2 Å². The van der Waals surface area contributed by atoms with Gasteiger partial charge in [0.2, 0.25) is 22.7 Å². The number of carbonyl (C=O) groups is 2. The molecule has 9 heteroatoms. The molecule has 2 amide bonds. The molecule has 0 aliphatic carbocycles. The third-order valence-electron chi connectivity index (χ3n) is 6.76. The molecule has 2 N–H and O–H groups in total. The van der Waals surface area contributed by atoms with E-state index in [-0.39, 0.29) is 25.0 Å². The van der Waals surface area contributed by atoms with Gasteiger partial charge in [-0.3, -0.25) is 14.5 Å². The summed E-state index contributed by atoms with van der Waals surface area (Å²) in [5, 5.41) is 7.56. The minimum atomic E-state index is -2.92. The average molecular weight is 513 g/mol. The minimum Gasteiger partial charge on any atom is -0.346 e. The van der Waals surface area contributed by atoms with Crippen LogP contribution < -0.4 is 10.6 Å². The van der Waals surface area contributed by atoms with E-state index in [9.17, 15) is 18.0 Å². The number of nitrogens with one attached hydrogen (secondary N) is 2. The molecule has 2 aromatic carbocycles. The Labute approximate surface area is 215 Å². The first-order valence-electron chi connectivity index (χ1n) is 12.3. The van der Waals surface area contributed by atoms with Crippen LogP contribution in [0.25, 0.3) is 10.8 Å². The molecule has 2 aromatic rings. The van der Waals surface area contributed by atoms with E-state index >= 15 is 0 Å². The zero-order valence-electron chi connectivity index (χ0n) is 21.2. The van der Waals surface area contributed by atoms with Gasteiger partial charge in [0.25, 0.3) is 0 Å². The maximum Gasteiger partial charge on any atom is 0.240 e. The Morgan fingerprint density at radius 3 is 2.47 bits per heavy atom. The van der Waals surface area contributed by atoms with Gasteiger partial charge in [0.05, 0.1) is 18.6 Å². The number of fused-ring (bicyclic) bond motifs is 1. The van der Waals surface area contributed by atoms with Crippen molar-refractivity contribution < 1.29 is 18.0 Å². The first kappa shape index (κ1) is 27.7. The van der Waals surface area contributed by atoms with Crippen molar-refractivity contribution >= 4 is 33.5 Å². The van der Waals surface area contributed by atoms with Crippen LogP contribution in [0.15, 0.2) is 42.5 Å². The maximum absolute atomic E-state index is 12.3. The molecular weight excluding hydrogens is 476 g/mol. The van der Waals surface area contributed by atoms with E-state index in [4.69, 9.17) is 6.42 Å². The number of piperidine rings is 1. The smallest absolute Gasteiger partial charge is 0.240 e. The molecule has 0 aromatic heterocycles. The second kappa shape index (κ2) is 12.3. The summed E-state index contributed by atoms with van der Waals surface area (Å²) in [4.78, 5) is 26.7. The minimum absolute atomic E-state index is 0.168. The lowest BCUT2D eigenvalue weighted by atomic mass is 9.93. The molecule has 1 fully saturated rings. The number of amides is 2. The Morgan fingerprint density at radius 1 is 1.14 bits per heavy atom. The van der Waals surface area contributed by atoms with E-state index in [0.717, 1.165) is 25.9 Å². The Hall–Kier alpha value is -2.93. The summed E-state index contributed by atoms with van der Waals surface area (Å²) in [7, 11) is -2.92. The van der Waals surface area contributed by atoms with Crippen LogP contribution in [0.4, 0.5) is 0 Å². The van der Waals surface area contributed by atoms with Gasteiger partial charge in [-0.2, -0.15) is 4.31 Å². The zero-order chi connectivity index (χ0) is 26.3. The highest BCUT2D eigenvalue weighted by Crippen LogP contribution is 2.31. The van der Waals surface area contributed by atoms with Crippen molar-refractivity contribution in [1.29, 1.82) is 0 Å². The molecule has 1 aliphatic heterocycles. The maximum atomic E-state index is 12.3. The number of hydrogen-bond acceptors (Lipinski definition) is 5. The van der Waals surface area contributed by atoms with Crippen LogP contribution in [-0.4, -0.2) is 67.7 Å². The summed E-state index contributed by atoms with van der Waals surface area (Å²) < 4.78 is 24.8. The average Bonchev–Trinajstić information content (AvgIpc) is 2.86. The van der Waals surface area contributed by atoms with Crippen LogP contribution in [0.3, 0.4) is 0 Å². The predicted molar refractivity (Wildman–Crippen MR) is 143 cm³/mol. The first-order chi connectivity index (χ1) is 17.1. The zero-order valence-corrected chi connectivity index (χ0v) is 22.1. The molecule has 0 spiro atoms. The number of hydrogen-bond donors (Lipinski definition) is 3. The van der Waals surface area contributed by atoms with Gasteiger partial charge in [-0.15, -0.1) is 6.42 Å². The summed E-state index contributed by atoms with van der Waals surface area (Å²) >= 11 is 0. The Morgan fingerprint density at radius 2 is 1.81 bits per heavy atom. The lowest BCUT2D eigenvalue weighted by Gasteiger charge is -2.37. The second-order valence-electron chi connectivity index (χ2n) is 9.90. The summed E-state index contributed by atoms with van der Waals surface area (Å²) in [6.07, 6.45) is 7.04. The third-order valence-corrected chi connectivity index (χ3v) is 7.52. The van der Waals surface area contributed by atoms with Crippen molar-refractivity contribution in [2.45, 2.75) is 45.2 Å². The van der Waals surface area contributed by atoms with Crippen molar-refractivity contribution in [2.75, 3.05) is 32.7 Å². The number of rotatable bonds is 10. The van der Waals surface area contributed by atoms with E-state index in [2.05, 4.69) is 64.8 Å². The molecule has 36 heavy (non-hydrogen) atoms. The Kier molecular flexibility index (Phi) is 9.49. The molecular formula is C27H36N4O4S. The molecule has 8 nitrogen and oxygen atoms in total. The topological polar surface area (TPSA) is 98.8 Å². The lowest BCUT2D eigenvalue weighted by molar-refractivity contribution is -0.126. The summed E-state index contributed by atoms with van der Waals surface area (Å²) in [5.74, 6) is 1.65. The molecule has 3 rings (SSSR count). The van der Waals surface area contributed by atoms with Gasteiger partial charge in [-0.1, -0.05) is 48.4 Å². The van der Waals surface area contributed by atoms with Gasteiger partial charge < -0.3 is 10.6 Å². The van der Waals surface area contributed by atoms with Gasteiger partial charge in [0.15, 0.2) is 0 Å². The van der Waals surface area contributed by atoms with Crippen molar-refractivity contribution in [3.05, 3.63) is 48.0 Å². The quantitative estimate of drug-likeness (QED) is 0.335. The van der Waals surface area contributed by atoms with Gasteiger partial charge in [0.1, 0.15) is 0 Å². The van der Waals surface area contributed by atoms with E-state index in [0.29, 0.717) is 6.54 Å². The number of thiol groups is 1. The van der Waals surface area contributed by atoms with Gasteiger partial charge >= 0.3 is 0 Å². The first-order valence-corrected chi connectivity index (χ1v) is 13.4. The Bertz CT molecular complexity index is 1180. The van der Waals surface area contributed by atoms with Crippen molar-refractivity contribution in [1.82, 2.24) is 19.8 Å². The highest BCUT2D eigenvalue weighted by molar-refractivity contribution is 7.69. The van der Waals surface area contributed by atoms with Crippen molar-refractivity contribution in [2.24, 2.45) is 5.92 Å². The fraction of sp³-hybridized carbons (Fsp3) is 0.481. The van der Waals surface area contributed by atoms with Crippen LogP contribution in [0.5, 0.6) is 0 Å². The number of likely N-dealkylation sites (tertiary alicyclic amines) is 1. The van der Waals surface area contributed by atoms with E-state index in [1.54, 1.807) is 13.8 Å². The number of carbonyl (C=O) groups excluding carboxylic acids is 2. The normalized spacial score (nSPS) is 16.1.